The molecule has 1 heterocycles. The Balaban J connectivity index is 1.81. The van der Waals surface area contributed by atoms with Gasteiger partial charge >= 0.3 is 0 Å². The lowest BCUT2D eigenvalue weighted by molar-refractivity contribution is 0.386. The maximum atomic E-state index is 13.8. The smallest absolute Gasteiger partial charge is 0.165 e. The topological polar surface area (TPSA) is 35.2 Å². The van der Waals surface area contributed by atoms with Gasteiger partial charge in [-0.05, 0) is 35.7 Å². The Morgan fingerprint density at radius 3 is 2.80 bits per heavy atom. The molecule has 2 unspecified atom stereocenters. The van der Waals surface area contributed by atoms with Crippen LogP contribution in [0.4, 0.5) is 4.39 Å². The van der Waals surface area contributed by atoms with E-state index in [1.165, 1.54) is 23.6 Å². The highest BCUT2D eigenvalue weighted by molar-refractivity contribution is 8.00. The van der Waals surface area contributed by atoms with Gasteiger partial charge in [-0.15, -0.1) is 11.8 Å². The van der Waals surface area contributed by atoms with Gasteiger partial charge in [0.25, 0.3) is 0 Å². The highest BCUT2D eigenvalue weighted by atomic mass is 32.2. The zero-order chi connectivity index (χ0) is 14.1. The highest BCUT2D eigenvalue weighted by Crippen LogP contribution is 2.41. The number of hydrogen-bond acceptors (Lipinski definition) is 3. The lowest BCUT2D eigenvalue weighted by Crippen LogP contribution is -2.23. The molecule has 0 fully saturated rings. The number of methoxy groups -OCH3 is 1. The van der Waals surface area contributed by atoms with Crippen molar-refractivity contribution in [1.29, 1.82) is 0 Å². The van der Waals surface area contributed by atoms with Crippen LogP contribution in [0.2, 0.25) is 0 Å². The average Bonchev–Trinajstić information content (AvgIpc) is 2.90. The quantitative estimate of drug-likeness (QED) is 0.938. The predicted octanol–water partition coefficient (Wildman–Crippen LogP) is 3.55. The molecular formula is C16H16FNOS. The Bertz CT molecular complexity index is 607. The van der Waals surface area contributed by atoms with E-state index in [1.807, 2.05) is 18.2 Å². The first-order chi connectivity index (χ1) is 9.69. The van der Waals surface area contributed by atoms with Crippen molar-refractivity contribution in [2.75, 3.05) is 7.11 Å². The minimum Gasteiger partial charge on any atom is -0.494 e. The second kappa shape index (κ2) is 5.46. The predicted molar refractivity (Wildman–Crippen MR) is 79.7 cm³/mol. The monoisotopic (exact) mass is 289 g/mol. The van der Waals surface area contributed by atoms with Gasteiger partial charge < -0.3 is 10.5 Å². The fraction of sp³-hybridized carbons (Fsp3) is 0.250. The molecule has 104 valence electrons. The molecule has 2 aromatic rings. The van der Waals surface area contributed by atoms with Gasteiger partial charge in [-0.1, -0.05) is 24.3 Å². The molecule has 1 aliphatic heterocycles. The van der Waals surface area contributed by atoms with Crippen LogP contribution < -0.4 is 10.5 Å². The molecule has 2 atom stereocenters. The van der Waals surface area contributed by atoms with E-state index in [0.29, 0.717) is 0 Å². The van der Waals surface area contributed by atoms with E-state index in [-0.39, 0.29) is 22.9 Å². The van der Waals surface area contributed by atoms with E-state index in [9.17, 15) is 4.39 Å². The molecule has 2 aromatic carbocycles. The molecule has 0 aromatic heterocycles. The van der Waals surface area contributed by atoms with Crippen molar-refractivity contribution in [2.24, 2.45) is 5.73 Å². The normalized spacial score (nSPS) is 18.6. The molecule has 0 spiro atoms. The van der Waals surface area contributed by atoms with Crippen molar-refractivity contribution in [3.05, 3.63) is 59.4 Å². The zero-order valence-corrected chi connectivity index (χ0v) is 12.0. The molecule has 0 amide bonds. The minimum absolute atomic E-state index is 0.187. The number of fused-ring (bicyclic) bond motifs is 1. The lowest BCUT2D eigenvalue weighted by Gasteiger charge is -2.19. The molecule has 0 bridgehead atoms. The van der Waals surface area contributed by atoms with E-state index in [1.54, 1.807) is 17.8 Å². The van der Waals surface area contributed by atoms with Crippen LogP contribution >= 0.6 is 11.8 Å². The van der Waals surface area contributed by atoms with E-state index in [4.69, 9.17) is 10.5 Å². The molecule has 1 aliphatic rings. The van der Waals surface area contributed by atoms with Crippen LogP contribution in [0.25, 0.3) is 0 Å². The molecule has 2 nitrogen and oxygen atoms in total. The fourth-order valence-electron chi connectivity index (χ4n) is 2.51. The van der Waals surface area contributed by atoms with Crippen molar-refractivity contribution >= 4 is 11.8 Å². The summed E-state index contributed by atoms with van der Waals surface area (Å²) in [4.78, 5) is 1.28. The molecule has 20 heavy (non-hydrogen) atoms. The number of hydrogen-bond donors (Lipinski definition) is 1. The first-order valence-corrected chi connectivity index (χ1v) is 7.40. The summed E-state index contributed by atoms with van der Waals surface area (Å²) in [6.45, 7) is 0. The van der Waals surface area contributed by atoms with Crippen LogP contribution in [0.5, 0.6) is 5.75 Å². The summed E-state index contributed by atoms with van der Waals surface area (Å²) in [7, 11) is 1.46. The zero-order valence-electron chi connectivity index (χ0n) is 11.2. The van der Waals surface area contributed by atoms with E-state index in [0.717, 1.165) is 12.0 Å². The van der Waals surface area contributed by atoms with Gasteiger partial charge in [0.15, 0.2) is 11.6 Å². The second-order valence-corrected chi connectivity index (χ2v) is 6.17. The molecule has 0 aliphatic carbocycles. The van der Waals surface area contributed by atoms with E-state index in [2.05, 4.69) is 12.1 Å². The van der Waals surface area contributed by atoms with Crippen molar-refractivity contribution in [2.45, 2.75) is 22.6 Å². The Kier molecular flexibility index (Phi) is 3.68. The van der Waals surface area contributed by atoms with Crippen molar-refractivity contribution < 1.29 is 9.13 Å². The number of nitrogens with two attached hydrogens (primary N) is 1. The Labute approximate surface area is 122 Å². The van der Waals surface area contributed by atoms with Crippen molar-refractivity contribution in [1.82, 2.24) is 0 Å². The highest BCUT2D eigenvalue weighted by Gasteiger charge is 2.28. The molecule has 0 radical (unpaired) electrons. The third-order valence-electron chi connectivity index (χ3n) is 3.63. The van der Waals surface area contributed by atoms with E-state index >= 15 is 0 Å². The summed E-state index contributed by atoms with van der Waals surface area (Å²) in [5, 5.41) is 0.250. The number of benzene rings is 2. The standard InChI is InChI=1S/C16H16FNOS/c1-19-13-7-6-11(8-12(13)17)16(18)15-9-10-4-2-3-5-14(10)20-15/h2-8,15-16H,9,18H2,1H3. The molecule has 0 saturated carbocycles. The summed E-state index contributed by atoms with van der Waals surface area (Å²) in [5.74, 6) is -0.107. The molecule has 4 heteroatoms. The molecule has 3 rings (SSSR count). The van der Waals surface area contributed by atoms with Gasteiger partial charge in [-0.2, -0.15) is 0 Å². The van der Waals surface area contributed by atoms with Crippen LogP contribution in [-0.2, 0) is 6.42 Å². The maximum Gasteiger partial charge on any atom is 0.165 e. The maximum absolute atomic E-state index is 13.8. The van der Waals surface area contributed by atoms with Crippen LogP contribution in [0.3, 0.4) is 0 Å². The van der Waals surface area contributed by atoms with Crippen LogP contribution in [0.15, 0.2) is 47.4 Å². The van der Waals surface area contributed by atoms with Crippen molar-refractivity contribution in [3.63, 3.8) is 0 Å². The third kappa shape index (κ3) is 2.41. The second-order valence-electron chi connectivity index (χ2n) is 4.89. The number of ether oxygens (including phenoxy) is 1. The SMILES string of the molecule is COc1ccc(C(N)C2Cc3ccccc3S2)cc1F. The molecular weight excluding hydrogens is 273 g/mol. The summed E-state index contributed by atoms with van der Waals surface area (Å²) >= 11 is 1.78. The minimum atomic E-state index is -0.360. The van der Waals surface area contributed by atoms with Gasteiger partial charge in [0, 0.05) is 16.2 Å². The fourth-order valence-corrected chi connectivity index (χ4v) is 3.87. The average molecular weight is 289 g/mol. The Hall–Kier alpha value is -1.52. The molecule has 0 saturated heterocycles. The summed E-state index contributed by atoms with van der Waals surface area (Å²) in [5.41, 5.74) is 8.45. The first-order valence-electron chi connectivity index (χ1n) is 6.52. The summed E-state index contributed by atoms with van der Waals surface area (Å²) in [6.07, 6.45) is 0.926. The number of halogens is 1. The van der Waals surface area contributed by atoms with E-state index < -0.39 is 0 Å². The first kappa shape index (κ1) is 13.5. The summed E-state index contributed by atoms with van der Waals surface area (Å²) < 4.78 is 18.7. The van der Waals surface area contributed by atoms with Gasteiger partial charge in [-0.3, -0.25) is 0 Å². The number of thioether (sulfide) groups is 1. The van der Waals surface area contributed by atoms with Crippen LogP contribution in [-0.4, -0.2) is 12.4 Å². The largest absolute Gasteiger partial charge is 0.494 e. The van der Waals surface area contributed by atoms with Crippen molar-refractivity contribution in [3.8, 4) is 5.75 Å². The number of rotatable bonds is 3. The van der Waals surface area contributed by atoms with Gasteiger partial charge in [-0.25, -0.2) is 4.39 Å². The Morgan fingerprint density at radius 1 is 1.30 bits per heavy atom. The van der Waals surface area contributed by atoms with Gasteiger partial charge in [0.05, 0.1) is 7.11 Å². The van der Waals surface area contributed by atoms with Gasteiger partial charge in [0.2, 0.25) is 0 Å². The lowest BCUT2D eigenvalue weighted by atomic mass is 9.99. The summed E-state index contributed by atoms with van der Waals surface area (Å²) in [6, 6.07) is 13.1. The van der Waals surface area contributed by atoms with Crippen LogP contribution in [0.1, 0.15) is 17.2 Å². The Morgan fingerprint density at radius 2 is 2.10 bits per heavy atom. The third-order valence-corrected chi connectivity index (χ3v) is 5.05. The van der Waals surface area contributed by atoms with Crippen LogP contribution in [0, 0.1) is 5.82 Å². The van der Waals surface area contributed by atoms with Gasteiger partial charge in [0.1, 0.15) is 0 Å². The molecule has 2 N–H and O–H groups in total.